The van der Waals surface area contributed by atoms with Gasteiger partial charge in [0.15, 0.2) is 0 Å². The third-order valence-electron chi connectivity index (χ3n) is 3.77. The smallest absolute Gasteiger partial charge is 0.222 e. The van der Waals surface area contributed by atoms with Crippen molar-refractivity contribution >= 4 is 17.5 Å². The van der Waals surface area contributed by atoms with E-state index in [0.717, 1.165) is 6.42 Å². The number of hydrogen-bond acceptors (Lipinski definition) is 2. The van der Waals surface area contributed by atoms with Crippen LogP contribution >= 0.6 is 11.6 Å². The second-order valence-electron chi connectivity index (χ2n) is 5.64. The molecule has 0 aliphatic carbocycles. The van der Waals surface area contributed by atoms with Gasteiger partial charge in [-0.15, -0.1) is 11.6 Å². The van der Waals surface area contributed by atoms with Crippen molar-refractivity contribution in [1.82, 2.24) is 4.90 Å². The molecule has 0 N–H and O–H groups in total. The molecule has 1 amide bonds. The van der Waals surface area contributed by atoms with Crippen molar-refractivity contribution < 1.29 is 9.53 Å². The molecule has 3 nitrogen and oxygen atoms in total. The Hall–Kier alpha value is -0.280. The van der Waals surface area contributed by atoms with E-state index in [1.807, 2.05) is 4.90 Å². The zero-order chi connectivity index (χ0) is 15.8. The SMILES string of the molecule is CCCCCCCCCCCC(=O)N(CCCl)CCOC. The van der Waals surface area contributed by atoms with Gasteiger partial charge in [-0.25, -0.2) is 0 Å². The summed E-state index contributed by atoms with van der Waals surface area (Å²) in [7, 11) is 1.66. The van der Waals surface area contributed by atoms with Gasteiger partial charge in [0.05, 0.1) is 6.61 Å². The van der Waals surface area contributed by atoms with Gasteiger partial charge in [-0.1, -0.05) is 58.3 Å². The Morgan fingerprint density at radius 2 is 1.52 bits per heavy atom. The number of nitrogens with zero attached hydrogens (tertiary/aromatic N) is 1. The Kier molecular flexibility index (Phi) is 15.9. The van der Waals surface area contributed by atoms with E-state index in [0.29, 0.717) is 32.0 Å². The number of hydrogen-bond donors (Lipinski definition) is 0. The number of carbonyl (C=O) groups excluding carboxylic acids is 1. The van der Waals surface area contributed by atoms with Crippen LogP contribution in [0.15, 0.2) is 0 Å². The Morgan fingerprint density at radius 1 is 0.952 bits per heavy atom. The van der Waals surface area contributed by atoms with Crippen molar-refractivity contribution in [2.24, 2.45) is 0 Å². The Labute approximate surface area is 136 Å². The molecule has 4 heteroatoms. The first-order valence-corrected chi connectivity index (χ1v) is 9.12. The first kappa shape index (κ1) is 20.7. The fourth-order valence-electron chi connectivity index (χ4n) is 2.41. The summed E-state index contributed by atoms with van der Waals surface area (Å²) >= 11 is 5.74. The average molecular weight is 320 g/mol. The van der Waals surface area contributed by atoms with E-state index in [9.17, 15) is 4.79 Å². The topological polar surface area (TPSA) is 29.5 Å². The molecule has 0 aliphatic heterocycles. The second-order valence-corrected chi connectivity index (χ2v) is 6.02. The quantitative estimate of drug-likeness (QED) is 0.325. The summed E-state index contributed by atoms with van der Waals surface area (Å²) in [5.41, 5.74) is 0. The number of methoxy groups -OCH3 is 1. The maximum absolute atomic E-state index is 12.1. The number of unbranched alkanes of at least 4 members (excludes halogenated alkanes) is 8. The van der Waals surface area contributed by atoms with Crippen molar-refractivity contribution in [1.29, 1.82) is 0 Å². The molecular formula is C17H34ClNO2. The lowest BCUT2D eigenvalue weighted by Crippen LogP contribution is -2.35. The lowest BCUT2D eigenvalue weighted by molar-refractivity contribution is -0.131. The lowest BCUT2D eigenvalue weighted by atomic mass is 10.1. The Balaban J connectivity index is 3.53. The standard InChI is InChI=1S/C17H34ClNO2/c1-3-4-5-6-7-8-9-10-11-12-17(20)19(14-13-18)15-16-21-2/h3-16H2,1-2H3. The minimum absolute atomic E-state index is 0.218. The number of alkyl halides is 1. The van der Waals surface area contributed by atoms with Crippen LogP contribution in [-0.2, 0) is 9.53 Å². The highest BCUT2D eigenvalue weighted by molar-refractivity contribution is 6.18. The first-order chi connectivity index (χ1) is 10.3. The van der Waals surface area contributed by atoms with Crippen LogP contribution < -0.4 is 0 Å². The third kappa shape index (κ3) is 13.1. The van der Waals surface area contributed by atoms with Gasteiger partial charge >= 0.3 is 0 Å². The Morgan fingerprint density at radius 3 is 2.05 bits per heavy atom. The highest BCUT2D eigenvalue weighted by Gasteiger charge is 2.11. The summed E-state index contributed by atoms with van der Waals surface area (Å²) < 4.78 is 5.03. The van der Waals surface area contributed by atoms with Crippen LogP contribution in [0.25, 0.3) is 0 Å². The van der Waals surface area contributed by atoms with Gasteiger partial charge in [0.1, 0.15) is 0 Å². The van der Waals surface area contributed by atoms with Gasteiger partial charge < -0.3 is 9.64 Å². The molecule has 0 saturated carbocycles. The van der Waals surface area contributed by atoms with Crippen molar-refractivity contribution in [3.05, 3.63) is 0 Å². The number of halogens is 1. The van der Waals surface area contributed by atoms with Crippen molar-refractivity contribution in [3.8, 4) is 0 Å². The van der Waals surface area contributed by atoms with Gasteiger partial charge in [-0.05, 0) is 6.42 Å². The van der Waals surface area contributed by atoms with Crippen LogP contribution in [-0.4, -0.2) is 43.5 Å². The van der Waals surface area contributed by atoms with E-state index in [-0.39, 0.29) is 5.91 Å². The number of ether oxygens (including phenoxy) is 1. The number of rotatable bonds is 15. The van der Waals surface area contributed by atoms with E-state index >= 15 is 0 Å². The summed E-state index contributed by atoms with van der Waals surface area (Å²) in [5.74, 6) is 0.711. The summed E-state index contributed by atoms with van der Waals surface area (Å²) in [6.45, 7) is 4.11. The maximum Gasteiger partial charge on any atom is 0.222 e. The van der Waals surface area contributed by atoms with Gasteiger partial charge in [0.25, 0.3) is 0 Å². The first-order valence-electron chi connectivity index (χ1n) is 8.59. The molecule has 0 rings (SSSR count). The summed E-state index contributed by atoms with van der Waals surface area (Å²) in [6, 6.07) is 0. The summed E-state index contributed by atoms with van der Waals surface area (Å²) in [4.78, 5) is 13.9. The predicted octanol–water partition coefficient (Wildman–Crippen LogP) is 4.62. The minimum atomic E-state index is 0.218. The van der Waals surface area contributed by atoms with E-state index < -0.39 is 0 Å². The van der Waals surface area contributed by atoms with E-state index in [2.05, 4.69) is 6.92 Å². The largest absolute Gasteiger partial charge is 0.383 e. The van der Waals surface area contributed by atoms with Crippen LogP contribution in [0.1, 0.15) is 71.1 Å². The molecule has 0 aromatic carbocycles. The van der Waals surface area contributed by atoms with E-state index in [1.54, 1.807) is 7.11 Å². The molecule has 126 valence electrons. The molecule has 0 aliphatic rings. The highest BCUT2D eigenvalue weighted by Crippen LogP contribution is 2.11. The summed E-state index contributed by atoms with van der Waals surface area (Å²) in [6.07, 6.45) is 12.2. The normalized spacial score (nSPS) is 10.8. The average Bonchev–Trinajstić information content (AvgIpc) is 2.49. The van der Waals surface area contributed by atoms with Crippen LogP contribution in [0.2, 0.25) is 0 Å². The molecule has 0 atom stereocenters. The number of carbonyl (C=O) groups is 1. The van der Waals surface area contributed by atoms with Gasteiger partial charge in [-0.3, -0.25) is 4.79 Å². The van der Waals surface area contributed by atoms with Crippen molar-refractivity contribution in [2.75, 3.05) is 32.7 Å². The van der Waals surface area contributed by atoms with Gasteiger partial charge in [-0.2, -0.15) is 0 Å². The maximum atomic E-state index is 12.1. The van der Waals surface area contributed by atoms with Crippen molar-refractivity contribution in [3.63, 3.8) is 0 Å². The molecular weight excluding hydrogens is 286 g/mol. The molecule has 0 radical (unpaired) electrons. The lowest BCUT2D eigenvalue weighted by Gasteiger charge is -2.21. The molecule has 0 spiro atoms. The third-order valence-corrected chi connectivity index (χ3v) is 3.94. The van der Waals surface area contributed by atoms with E-state index in [1.165, 1.54) is 51.4 Å². The molecule has 0 aromatic rings. The minimum Gasteiger partial charge on any atom is -0.383 e. The summed E-state index contributed by atoms with van der Waals surface area (Å²) in [5, 5.41) is 0. The van der Waals surface area contributed by atoms with Crippen LogP contribution in [0.4, 0.5) is 0 Å². The molecule has 21 heavy (non-hydrogen) atoms. The zero-order valence-corrected chi connectivity index (χ0v) is 14.8. The van der Waals surface area contributed by atoms with Gasteiger partial charge in [0.2, 0.25) is 5.91 Å². The van der Waals surface area contributed by atoms with E-state index in [4.69, 9.17) is 16.3 Å². The highest BCUT2D eigenvalue weighted by atomic mass is 35.5. The zero-order valence-electron chi connectivity index (χ0n) is 14.0. The predicted molar refractivity (Wildman–Crippen MR) is 91.0 cm³/mol. The van der Waals surface area contributed by atoms with Crippen molar-refractivity contribution in [2.45, 2.75) is 71.1 Å². The van der Waals surface area contributed by atoms with Crippen LogP contribution in [0, 0.1) is 0 Å². The van der Waals surface area contributed by atoms with Crippen LogP contribution in [0.5, 0.6) is 0 Å². The molecule has 0 bridgehead atoms. The van der Waals surface area contributed by atoms with Crippen LogP contribution in [0.3, 0.4) is 0 Å². The fourth-order valence-corrected chi connectivity index (χ4v) is 2.61. The molecule has 0 heterocycles. The molecule has 0 unspecified atom stereocenters. The second kappa shape index (κ2) is 16.1. The number of amides is 1. The fraction of sp³-hybridized carbons (Fsp3) is 0.941. The molecule has 0 fully saturated rings. The Bertz CT molecular complexity index is 237. The molecule has 0 saturated heterocycles. The monoisotopic (exact) mass is 319 g/mol. The van der Waals surface area contributed by atoms with Gasteiger partial charge in [0, 0.05) is 32.5 Å². The molecule has 0 aromatic heterocycles.